The van der Waals surface area contributed by atoms with Gasteiger partial charge in [0.25, 0.3) is 0 Å². The van der Waals surface area contributed by atoms with Gasteiger partial charge in [-0.1, -0.05) is 12.1 Å². The standard InChI is InChI=1S/C22H30FN3O2/c1-13-2-3-14(10-18(13)23)12-25-21(27)15-6-8-26(9-7-15)22(28)19-16-4-5-17(11-16)20(19)24/h2-3,10,15-17,19-20H,4-9,11-12,24H2,1H3,(H,25,27). The van der Waals surface area contributed by atoms with Crippen molar-refractivity contribution in [3.05, 3.63) is 35.1 Å². The Balaban J connectivity index is 1.26. The minimum Gasteiger partial charge on any atom is -0.352 e. The highest BCUT2D eigenvalue weighted by Gasteiger charge is 2.50. The number of hydrogen-bond acceptors (Lipinski definition) is 3. The van der Waals surface area contributed by atoms with E-state index in [1.807, 2.05) is 11.0 Å². The molecule has 3 N–H and O–H groups in total. The third kappa shape index (κ3) is 3.66. The fourth-order valence-corrected chi connectivity index (χ4v) is 5.35. The van der Waals surface area contributed by atoms with E-state index in [9.17, 15) is 14.0 Å². The van der Waals surface area contributed by atoms with Gasteiger partial charge in [0.2, 0.25) is 11.8 Å². The molecule has 4 rings (SSSR count). The van der Waals surface area contributed by atoms with Crippen molar-refractivity contribution < 1.29 is 14.0 Å². The predicted molar refractivity (Wildman–Crippen MR) is 105 cm³/mol. The van der Waals surface area contributed by atoms with E-state index in [-0.39, 0.29) is 35.5 Å². The van der Waals surface area contributed by atoms with Crippen LogP contribution in [0.4, 0.5) is 4.39 Å². The summed E-state index contributed by atoms with van der Waals surface area (Å²) in [4.78, 5) is 27.4. The monoisotopic (exact) mass is 387 g/mol. The molecule has 2 saturated carbocycles. The van der Waals surface area contributed by atoms with Crippen LogP contribution in [0.25, 0.3) is 0 Å². The highest BCUT2D eigenvalue weighted by atomic mass is 19.1. The van der Waals surface area contributed by atoms with Gasteiger partial charge in [0.15, 0.2) is 0 Å². The van der Waals surface area contributed by atoms with Crippen LogP contribution in [0, 0.1) is 36.4 Å². The molecular formula is C22H30FN3O2. The number of hydrogen-bond donors (Lipinski definition) is 2. The van der Waals surface area contributed by atoms with Crippen molar-refractivity contribution in [1.82, 2.24) is 10.2 Å². The molecule has 4 atom stereocenters. The second kappa shape index (κ2) is 7.82. The summed E-state index contributed by atoms with van der Waals surface area (Å²) >= 11 is 0. The van der Waals surface area contributed by atoms with Gasteiger partial charge in [-0.15, -0.1) is 0 Å². The number of nitrogens with one attached hydrogen (secondary N) is 1. The van der Waals surface area contributed by atoms with E-state index in [1.165, 1.54) is 12.5 Å². The Bertz CT molecular complexity index is 758. The fraction of sp³-hybridized carbons (Fsp3) is 0.636. The number of rotatable bonds is 4. The lowest BCUT2D eigenvalue weighted by atomic mass is 9.83. The number of carbonyl (C=O) groups excluding carboxylic acids is 2. The zero-order valence-corrected chi connectivity index (χ0v) is 16.5. The molecule has 5 nitrogen and oxygen atoms in total. The minimum atomic E-state index is -0.252. The summed E-state index contributed by atoms with van der Waals surface area (Å²) in [7, 11) is 0. The summed E-state index contributed by atoms with van der Waals surface area (Å²) in [5, 5.41) is 2.91. The van der Waals surface area contributed by atoms with E-state index in [1.54, 1.807) is 13.0 Å². The molecule has 2 bridgehead atoms. The number of halogens is 1. The molecule has 6 heteroatoms. The van der Waals surface area contributed by atoms with Crippen molar-refractivity contribution in [3.63, 3.8) is 0 Å². The van der Waals surface area contributed by atoms with Crippen LogP contribution in [0.2, 0.25) is 0 Å². The van der Waals surface area contributed by atoms with Crippen LogP contribution >= 0.6 is 0 Å². The van der Waals surface area contributed by atoms with E-state index in [4.69, 9.17) is 5.73 Å². The van der Waals surface area contributed by atoms with Gasteiger partial charge in [0.05, 0.1) is 5.92 Å². The maximum atomic E-state index is 13.6. The molecule has 28 heavy (non-hydrogen) atoms. The van der Waals surface area contributed by atoms with Gasteiger partial charge in [-0.05, 0) is 68.1 Å². The number of nitrogens with two attached hydrogens (primary N) is 1. The Labute approximate surface area is 165 Å². The van der Waals surface area contributed by atoms with Gasteiger partial charge in [0, 0.05) is 31.6 Å². The smallest absolute Gasteiger partial charge is 0.227 e. The number of aryl methyl sites for hydroxylation is 1. The Hall–Kier alpha value is -1.95. The molecule has 1 aromatic carbocycles. The predicted octanol–water partition coefficient (Wildman–Crippen LogP) is 2.36. The van der Waals surface area contributed by atoms with E-state index in [0.29, 0.717) is 49.9 Å². The summed E-state index contributed by atoms with van der Waals surface area (Å²) in [6.07, 6.45) is 4.76. The van der Waals surface area contributed by atoms with E-state index < -0.39 is 0 Å². The van der Waals surface area contributed by atoms with Gasteiger partial charge in [-0.25, -0.2) is 4.39 Å². The number of piperidine rings is 1. The average molecular weight is 387 g/mol. The summed E-state index contributed by atoms with van der Waals surface area (Å²) in [6, 6.07) is 5.04. The number of likely N-dealkylation sites (tertiary alicyclic amines) is 1. The Morgan fingerprint density at radius 1 is 1.18 bits per heavy atom. The van der Waals surface area contributed by atoms with Gasteiger partial charge in [-0.3, -0.25) is 9.59 Å². The maximum Gasteiger partial charge on any atom is 0.227 e. The highest BCUT2D eigenvalue weighted by molar-refractivity contribution is 5.82. The van der Waals surface area contributed by atoms with Crippen molar-refractivity contribution in [1.29, 1.82) is 0 Å². The molecule has 3 aliphatic rings. The topological polar surface area (TPSA) is 75.4 Å². The molecule has 1 aromatic rings. The maximum absolute atomic E-state index is 13.6. The van der Waals surface area contributed by atoms with Crippen molar-refractivity contribution >= 4 is 11.8 Å². The molecule has 1 saturated heterocycles. The molecule has 3 fully saturated rings. The minimum absolute atomic E-state index is 0.00953. The number of fused-ring (bicyclic) bond motifs is 2. The van der Waals surface area contributed by atoms with E-state index in [2.05, 4.69) is 5.32 Å². The van der Waals surface area contributed by atoms with Crippen LogP contribution in [0.15, 0.2) is 18.2 Å². The molecular weight excluding hydrogens is 357 g/mol. The fourth-order valence-electron chi connectivity index (χ4n) is 5.35. The first kappa shape index (κ1) is 19.4. The second-order valence-electron chi connectivity index (χ2n) is 8.84. The molecule has 4 unspecified atom stereocenters. The number of benzene rings is 1. The SMILES string of the molecule is Cc1ccc(CNC(=O)C2CCN(C(=O)C3C4CCC(C4)C3N)CC2)cc1F. The third-order valence-electron chi connectivity index (χ3n) is 7.15. The van der Waals surface area contributed by atoms with Gasteiger partial charge < -0.3 is 16.0 Å². The Kier molecular flexibility index (Phi) is 5.41. The number of amides is 2. The summed E-state index contributed by atoms with van der Waals surface area (Å²) in [5.41, 5.74) is 7.68. The molecule has 0 radical (unpaired) electrons. The Morgan fingerprint density at radius 3 is 2.54 bits per heavy atom. The van der Waals surface area contributed by atoms with E-state index >= 15 is 0 Å². The summed E-state index contributed by atoms with van der Waals surface area (Å²) in [6.45, 7) is 3.29. The van der Waals surface area contributed by atoms with Crippen molar-refractivity contribution in [2.24, 2.45) is 29.4 Å². The van der Waals surface area contributed by atoms with Gasteiger partial charge in [-0.2, -0.15) is 0 Å². The molecule has 1 heterocycles. The lowest BCUT2D eigenvalue weighted by Crippen LogP contribution is -2.50. The first-order chi connectivity index (χ1) is 13.4. The van der Waals surface area contributed by atoms with Crippen LogP contribution in [-0.4, -0.2) is 35.8 Å². The average Bonchev–Trinajstić information content (AvgIpc) is 3.29. The quantitative estimate of drug-likeness (QED) is 0.833. The zero-order chi connectivity index (χ0) is 19.8. The molecule has 0 spiro atoms. The zero-order valence-electron chi connectivity index (χ0n) is 16.5. The Morgan fingerprint density at radius 2 is 1.89 bits per heavy atom. The third-order valence-corrected chi connectivity index (χ3v) is 7.15. The molecule has 152 valence electrons. The van der Waals surface area contributed by atoms with Crippen LogP contribution in [0.1, 0.15) is 43.2 Å². The lowest BCUT2D eigenvalue weighted by molar-refractivity contribution is -0.141. The first-order valence-electron chi connectivity index (χ1n) is 10.5. The molecule has 2 aliphatic carbocycles. The normalized spacial score (nSPS) is 29.9. The van der Waals surface area contributed by atoms with Crippen LogP contribution in [0.3, 0.4) is 0 Å². The highest BCUT2D eigenvalue weighted by Crippen LogP contribution is 2.48. The second-order valence-corrected chi connectivity index (χ2v) is 8.84. The lowest BCUT2D eigenvalue weighted by Gasteiger charge is -2.36. The van der Waals surface area contributed by atoms with Crippen molar-refractivity contribution in [3.8, 4) is 0 Å². The van der Waals surface area contributed by atoms with E-state index in [0.717, 1.165) is 18.4 Å². The molecule has 0 aromatic heterocycles. The van der Waals surface area contributed by atoms with Gasteiger partial charge in [0.1, 0.15) is 5.82 Å². The van der Waals surface area contributed by atoms with Crippen LogP contribution in [-0.2, 0) is 16.1 Å². The number of nitrogens with zero attached hydrogens (tertiary/aromatic N) is 1. The van der Waals surface area contributed by atoms with Gasteiger partial charge >= 0.3 is 0 Å². The van der Waals surface area contributed by atoms with Crippen LogP contribution < -0.4 is 11.1 Å². The molecule has 1 aliphatic heterocycles. The molecule has 2 amide bonds. The first-order valence-corrected chi connectivity index (χ1v) is 10.5. The van der Waals surface area contributed by atoms with Crippen molar-refractivity contribution in [2.45, 2.75) is 51.6 Å². The largest absolute Gasteiger partial charge is 0.352 e. The number of carbonyl (C=O) groups is 2. The summed E-state index contributed by atoms with van der Waals surface area (Å²) < 4.78 is 13.6. The van der Waals surface area contributed by atoms with Crippen LogP contribution in [0.5, 0.6) is 0 Å². The summed E-state index contributed by atoms with van der Waals surface area (Å²) in [5.74, 6) is 0.821. The van der Waals surface area contributed by atoms with Crippen molar-refractivity contribution in [2.75, 3.05) is 13.1 Å².